The van der Waals surface area contributed by atoms with E-state index in [1.165, 1.54) is 11.1 Å². The van der Waals surface area contributed by atoms with Crippen LogP contribution in [-0.4, -0.2) is 28.2 Å². The second-order valence-electron chi connectivity index (χ2n) is 5.29. The van der Waals surface area contributed by atoms with Gasteiger partial charge in [-0.1, -0.05) is 24.3 Å². The predicted molar refractivity (Wildman–Crippen MR) is 92.3 cm³/mol. The number of hydrogen-bond donors (Lipinski definition) is 3. The van der Waals surface area contributed by atoms with Gasteiger partial charge in [0.05, 0.1) is 12.8 Å². The minimum Gasteiger partial charge on any atom is -0.461 e. The summed E-state index contributed by atoms with van der Waals surface area (Å²) in [4.78, 5) is 8.60. The number of guanidine groups is 1. The van der Waals surface area contributed by atoms with Gasteiger partial charge in [0.2, 0.25) is 5.82 Å². The highest BCUT2D eigenvalue weighted by atomic mass is 16.3. The lowest BCUT2D eigenvalue weighted by Gasteiger charge is -2.12. The largest absolute Gasteiger partial charge is 0.461 e. The first kappa shape index (κ1) is 15.8. The van der Waals surface area contributed by atoms with Crippen LogP contribution < -0.4 is 10.6 Å². The number of furan rings is 1. The van der Waals surface area contributed by atoms with Crippen LogP contribution in [0.2, 0.25) is 0 Å². The molecule has 2 aromatic heterocycles. The molecule has 7 nitrogen and oxygen atoms in total. The summed E-state index contributed by atoms with van der Waals surface area (Å²) in [6.45, 7) is 3.29. The van der Waals surface area contributed by atoms with E-state index < -0.39 is 0 Å². The molecule has 3 rings (SSSR count). The Kier molecular flexibility index (Phi) is 4.90. The molecule has 1 aromatic carbocycles. The Morgan fingerprint density at radius 1 is 1.17 bits per heavy atom. The van der Waals surface area contributed by atoms with Crippen molar-refractivity contribution in [2.24, 2.45) is 4.99 Å². The van der Waals surface area contributed by atoms with Gasteiger partial charge in [-0.25, -0.2) is 4.98 Å². The lowest BCUT2D eigenvalue weighted by molar-refractivity contribution is 0.577. The van der Waals surface area contributed by atoms with Crippen molar-refractivity contribution in [2.45, 2.75) is 20.0 Å². The van der Waals surface area contributed by atoms with Gasteiger partial charge in [-0.2, -0.15) is 0 Å². The molecule has 3 N–H and O–H groups in total. The minimum atomic E-state index is 0.487. The zero-order valence-corrected chi connectivity index (χ0v) is 13.7. The first-order valence-corrected chi connectivity index (χ1v) is 7.70. The number of aliphatic imine (C=N–C) groups is 1. The van der Waals surface area contributed by atoms with Gasteiger partial charge in [0, 0.05) is 13.6 Å². The molecule has 0 saturated heterocycles. The number of nitrogens with zero attached hydrogens (tertiary/aromatic N) is 3. The Morgan fingerprint density at radius 2 is 2.00 bits per heavy atom. The molecule has 24 heavy (non-hydrogen) atoms. The molecule has 0 aliphatic carbocycles. The molecule has 0 aliphatic rings. The molecule has 0 spiro atoms. The van der Waals surface area contributed by atoms with E-state index in [9.17, 15) is 0 Å². The number of nitrogens with one attached hydrogen (secondary N) is 3. The van der Waals surface area contributed by atoms with Crippen molar-refractivity contribution in [1.29, 1.82) is 0 Å². The zero-order valence-electron chi connectivity index (χ0n) is 13.7. The Balaban J connectivity index is 1.54. The van der Waals surface area contributed by atoms with Gasteiger partial charge < -0.3 is 15.1 Å². The minimum absolute atomic E-state index is 0.487. The van der Waals surface area contributed by atoms with Crippen LogP contribution in [0.1, 0.15) is 17.0 Å². The van der Waals surface area contributed by atoms with Gasteiger partial charge in [-0.15, -0.1) is 5.10 Å². The topological polar surface area (TPSA) is 91.1 Å². The SMILES string of the molecule is CN=C(NCc1nc(-c2ccco2)n[nH]1)NCc1ccccc1C. The predicted octanol–water partition coefficient (Wildman–Crippen LogP) is 2.24. The van der Waals surface area contributed by atoms with Gasteiger partial charge >= 0.3 is 0 Å². The number of hydrogen-bond acceptors (Lipinski definition) is 4. The highest BCUT2D eigenvalue weighted by Crippen LogP contribution is 2.14. The maximum atomic E-state index is 5.28. The van der Waals surface area contributed by atoms with Crippen molar-refractivity contribution in [1.82, 2.24) is 25.8 Å². The van der Waals surface area contributed by atoms with E-state index in [0.29, 0.717) is 36.5 Å². The van der Waals surface area contributed by atoms with E-state index in [1.54, 1.807) is 19.4 Å². The number of aromatic nitrogens is 3. The van der Waals surface area contributed by atoms with Crippen molar-refractivity contribution in [3.63, 3.8) is 0 Å². The molecule has 7 heteroatoms. The van der Waals surface area contributed by atoms with Crippen LogP contribution in [0.15, 0.2) is 52.1 Å². The fraction of sp³-hybridized carbons (Fsp3) is 0.235. The Labute approximate surface area is 140 Å². The molecule has 0 atom stereocenters. The molecule has 0 amide bonds. The van der Waals surface area contributed by atoms with E-state index in [0.717, 1.165) is 0 Å². The summed E-state index contributed by atoms with van der Waals surface area (Å²) in [5, 5.41) is 13.5. The molecule has 2 heterocycles. The third kappa shape index (κ3) is 3.81. The molecule has 0 bridgehead atoms. The van der Waals surface area contributed by atoms with Crippen molar-refractivity contribution >= 4 is 5.96 Å². The lowest BCUT2D eigenvalue weighted by Crippen LogP contribution is -2.36. The van der Waals surface area contributed by atoms with Crippen molar-refractivity contribution in [3.8, 4) is 11.6 Å². The van der Waals surface area contributed by atoms with E-state index in [4.69, 9.17) is 4.42 Å². The monoisotopic (exact) mass is 324 g/mol. The van der Waals surface area contributed by atoms with Crippen LogP contribution in [0.4, 0.5) is 0 Å². The van der Waals surface area contributed by atoms with E-state index in [1.807, 2.05) is 18.2 Å². The smallest absolute Gasteiger partial charge is 0.216 e. The maximum absolute atomic E-state index is 5.28. The van der Waals surface area contributed by atoms with Crippen molar-refractivity contribution in [2.75, 3.05) is 7.05 Å². The third-order valence-electron chi connectivity index (χ3n) is 3.63. The highest BCUT2D eigenvalue weighted by Gasteiger charge is 2.08. The molecule has 0 saturated carbocycles. The van der Waals surface area contributed by atoms with Gasteiger partial charge in [0.15, 0.2) is 11.7 Å². The Morgan fingerprint density at radius 3 is 2.75 bits per heavy atom. The van der Waals surface area contributed by atoms with E-state index in [-0.39, 0.29) is 0 Å². The second kappa shape index (κ2) is 7.45. The highest BCUT2D eigenvalue weighted by molar-refractivity contribution is 5.79. The van der Waals surface area contributed by atoms with Crippen LogP contribution in [-0.2, 0) is 13.1 Å². The quantitative estimate of drug-likeness (QED) is 0.494. The van der Waals surface area contributed by atoms with Crippen LogP contribution in [0, 0.1) is 6.92 Å². The summed E-state index contributed by atoms with van der Waals surface area (Å²) in [5.74, 6) is 2.59. The first-order chi connectivity index (χ1) is 11.8. The van der Waals surface area contributed by atoms with Crippen LogP contribution in [0.5, 0.6) is 0 Å². The number of H-pyrrole nitrogens is 1. The number of benzene rings is 1. The fourth-order valence-corrected chi connectivity index (χ4v) is 2.27. The summed E-state index contributed by atoms with van der Waals surface area (Å²) < 4.78 is 5.28. The van der Waals surface area contributed by atoms with E-state index in [2.05, 4.69) is 49.9 Å². The average Bonchev–Trinajstić information content (AvgIpc) is 3.27. The van der Waals surface area contributed by atoms with Crippen molar-refractivity contribution in [3.05, 3.63) is 59.6 Å². The molecular formula is C17H20N6O. The maximum Gasteiger partial charge on any atom is 0.216 e. The molecule has 0 unspecified atom stereocenters. The van der Waals surface area contributed by atoms with Gasteiger partial charge in [0.1, 0.15) is 5.82 Å². The van der Waals surface area contributed by atoms with Crippen molar-refractivity contribution < 1.29 is 4.42 Å². The number of rotatable bonds is 5. The number of aromatic amines is 1. The molecule has 0 aliphatic heterocycles. The normalized spacial score (nSPS) is 11.5. The summed E-state index contributed by atoms with van der Waals surface area (Å²) in [7, 11) is 1.74. The van der Waals surface area contributed by atoms with Crippen LogP contribution >= 0.6 is 0 Å². The summed E-state index contributed by atoms with van der Waals surface area (Å²) >= 11 is 0. The molecular weight excluding hydrogens is 304 g/mol. The molecule has 0 radical (unpaired) electrons. The van der Waals surface area contributed by atoms with Crippen LogP contribution in [0.3, 0.4) is 0 Å². The third-order valence-corrected chi connectivity index (χ3v) is 3.63. The lowest BCUT2D eigenvalue weighted by atomic mass is 10.1. The molecule has 3 aromatic rings. The zero-order chi connectivity index (χ0) is 16.8. The summed E-state index contributed by atoms with van der Waals surface area (Å²) in [6.07, 6.45) is 1.60. The first-order valence-electron chi connectivity index (χ1n) is 7.70. The fourth-order valence-electron chi connectivity index (χ4n) is 2.27. The summed E-state index contributed by atoms with van der Waals surface area (Å²) in [5.41, 5.74) is 2.49. The van der Waals surface area contributed by atoms with E-state index >= 15 is 0 Å². The Hall–Kier alpha value is -3.09. The molecule has 124 valence electrons. The second-order valence-corrected chi connectivity index (χ2v) is 5.29. The average molecular weight is 324 g/mol. The van der Waals surface area contributed by atoms with Gasteiger partial charge in [0.25, 0.3) is 0 Å². The van der Waals surface area contributed by atoms with Gasteiger partial charge in [-0.05, 0) is 30.2 Å². The van der Waals surface area contributed by atoms with Gasteiger partial charge in [-0.3, -0.25) is 10.1 Å². The number of aryl methyl sites for hydroxylation is 1. The molecule has 0 fully saturated rings. The van der Waals surface area contributed by atoms with Crippen LogP contribution in [0.25, 0.3) is 11.6 Å². The summed E-state index contributed by atoms with van der Waals surface area (Å²) in [6, 6.07) is 11.9. The Bertz CT molecular complexity index is 806. The standard InChI is InChI=1S/C17H20N6O/c1-12-6-3-4-7-13(12)10-19-17(18-2)20-11-15-21-16(23-22-15)14-8-5-9-24-14/h3-9H,10-11H2,1-2H3,(H2,18,19,20)(H,21,22,23).